The van der Waals surface area contributed by atoms with Gasteiger partial charge in [0.05, 0.1) is 6.54 Å². The number of carbonyl (C=O) groups excluding carboxylic acids is 3. The Kier molecular flexibility index (Phi) is 9.17. The van der Waals surface area contributed by atoms with Crippen LogP contribution in [0, 0.1) is 0 Å². The Bertz CT molecular complexity index is 784. The van der Waals surface area contributed by atoms with Crippen molar-refractivity contribution in [3.63, 3.8) is 0 Å². The molecule has 0 aliphatic rings. The lowest BCUT2D eigenvalue weighted by Gasteiger charge is -2.18. The van der Waals surface area contributed by atoms with Crippen molar-refractivity contribution in [2.45, 2.75) is 19.1 Å². The van der Waals surface area contributed by atoms with Gasteiger partial charge in [0.15, 0.2) is 0 Å². The molecule has 1 unspecified atom stereocenters. The van der Waals surface area contributed by atoms with E-state index in [4.69, 9.17) is 10.5 Å². The van der Waals surface area contributed by atoms with E-state index in [9.17, 15) is 14.4 Å². The van der Waals surface area contributed by atoms with Crippen LogP contribution in [0.4, 0.5) is 4.79 Å². The second-order valence-electron chi connectivity index (χ2n) is 6.29. The van der Waals surface area contributed by atoms with Crippen molar-refractivity contribution in [2.75, 3.05) is 19.6 Å². The van der Waals surface area contributed by atoms with Crippen LogP contribution in [-0.2, 0) is 27.4 Å². The molecule has 154 valence electrons. The van der Waals surface area contributed by atoms with Crippen LogP contribution in [0.25, 0.3) is 0 Å². The maximum atomic E-state index is 12.4. The summed E-state index contributed by atoms with van der Waals surface area (Å²) in [6.07, 6.45) is -0.231. The summed E-state index contributed by atoms with van der Waals surface area (Å²) in [5, 5.41) is 7.88. The van der Waals surface area contributed by atoms with Crippen LogP contribution in [0.3, 0.4) is 0 Å². The minimum absolute atomic E-state index is 0.170. The number of hydrogen-bond donors (Lipinski definition) is 4. The van der Waals surface area contributed by atoms with E-state index >= 15 is 0 Å². The molecule has 0 spiro atoms. The van der Waals surface area contributed by atoms with E-state index in [-0.39, 0.29) is 32.1 Å². The molecule has 29 heavy (non-hydrogen) atoms. The SMILES string of the molecule is NCC(=O)NC(Cc1ccccc1)C(=O)NCCNC(=O)OCc1ccccc1. The second-order valence-corrected chi connectivity index (χ2v) is 6.29. The lowest BCUT2D eigenvalue weighted by atomic mass is 10.1. The Morgan fingerprint density at radius 1 is 0.862 bits per heavy atom. The number of carbonyl (C=O) groups is 3. The number of nitrogens with two attached hydrogens (primary N) is 1. The first-order valence-corrected chi connectivity index (χ1v) is 9.34. The molecule has 0 heterocycles. The minimum atomic E-state index is -0.751. The van der Waals surface area contributed by atoms with Gasteiger partial charge in [-0.2, -0.15) is 0 Å². The molecule has 0 bridgehead atoms. The first kappa shape index (κ1) is 21.9. The van der Waals surface area contributed by atoms with E-state index in [0.29, 0.717) is 6.42 Å². The molecular weight excluding hydrogens is 372 g/mol. The highest BCUT2D eigenvalue weighted by molar-refractivity contribution is 5.88. The van der Waals surface area contributed by atoms with Gasteiger partial charge in [0, 0.05) is 19.5 Å². The number of benzene rings is 2. The number of rotatable bonds is 10. The Hall–Kier alpha value is -3.39. The van der Waals surface area contributed by atoms with E-state index in [1.54, 1.807) is 0 Å². The predicted octanol–water partition coefficient (Wildman–Crippen LogP) is 0.715. The van der Waals surface area contributed by atoms with Gasteiger partial charge < -0.3 is 26.4 Å². The van der Waals surface area contributed by atoms with Crippen LogP contribution >= 0.6 is 0 Å². The molecule has 8 nitrogen and oxygen atoms in total. The van der Waals surface area contributed by atoms with E-state index in [1.807, 2.05) is 60.7 Å². The molecule has 0 radical (unpaired) electrons. The molecule has 5 N–H and O–H groups in total. The molecule has 3 amide bonds. The first-order chi connectivity index (χ1) is 14.1. The van der Waals surface area contributed by atoms with Crippen molar-refractivity contribution in [3.8, 4) is 0 Å². The van der Waals surface area contributed by atoms with Gasteiger partial charge in [0.25, 0.3) is 0 Å². The van der Waals surface area contributed by atoms with Crippen molar-refractivity contribution in [1.82, 2.24) is 16.0 Å². The Balaban J connectivity index is 1.73. The molecule has 2 rings (SSSR count). The van der Waals surface area contributed by atoms with Crippen LogP contribution in [0.5, 0.6) is 0 Å². The summed E-state index contributed by atoms with van der Waals surface area (Å²) >= 11 is 0. The lowest BCUT2D eigenvalue weighted by Crippen LogP contribution is -2.50. The zero-order valence-electron chi connectivity index (χ0n) is 16.1. The van der Waals surface area contributed by atoms with E-state index in [1.165, 1.54) is 0 Å². The van der Waals surface area contributed by atoms with Gasteiger partial charge in [-0.05, 0) is 11.1 Å². The summed E-state index contributed by atoms with van der Waals surface area (Å²) < 4.78 is 5.10. The van der Waals surface area contributed by atoms with Gasteiger partial charge in [-0.1, -0.05) is 60.7 Å². The Morgan fingerprint density at radius 2 is 1.45 bits per heavy atom. The highest BCUT2D eigenvalue weighted by Gasteiger charge is 2.20. The topological polar surface area (TPSA) is 123 Å². The maximum Gasteiger partial charge on any atom is 0.407 e. The standard InChI is InChI=1S/C21H26N4O4/c22-14-19(26)25-18(13-16-7-3-1-4-8-16)20(27)23-11-12-24-21(28)29-15-17-9-5-2-6-10-17/h1-10,18H,11-15,22H2,(H,23,27)(H,24,28)(H,25,26). The zero-order chi connectivity index (χ0) is 20.9. The second kappa shape index (κ2) is 12.1. The first-order valence-electron chi connectivity index (χ1n) is 9.34. The average Bonchev–Trinajstić information content (AvgIpc) is 2.76. The summed E-state index contributed by atoms with van der Waals surface area (Å²) in [6, 6.07) is 17.9. The summed E-state index contributed by atoms with van der Waals surface area (Å²) in [6.45, 7) is 0.363. The summed E-state index contributed by atoms with van der Waals surface area (Å²) in [5.41, 5.74) is 7.13. The highest BCUT2D eigenvalue weighted by atomic mass is 16.5. The predicted molar refractivity (Wildman–Crippen MR) is 109 cm³/mol. The fourth-order valence-electron chi connectivity index (χ4n) is 2.56. The Morgan fingerprint density at radius 3 is 2.07 bits per heavy atom. The highest BCUT2D eigenvalue weighted by Crippen LogP contribution is 2.04. The third-order valence-electron chi connectivity index (χ3n) is 4.03. The Labute approximate surface area is 169 Å². The minimum Gasteiger partial charge on any atom is -0.445 e. The molecule has 0 aromatic heterocycles. The number of hydrogen-bond acceptors (Lipinski definition) is 5. The fraction of sp³-hybridized carbons (Fsp3) is 0.286. The quantitative estimate of drug-likeness (QED) is 0.439. The van der Waals surface area contributed by atoms with Gasteiger partial charge >= 0.3 is 6.09 Å². The third-order valence-corrected chi connectivity index (χ3v) is 4.03. The van der Waals surface area contributed by atoms with Gasteiger partial charge in [-0.25, -0.2) is 4.79 Å². The number of ether oxygens (including phenoxy) is 1. The molecule has 0 aliphatic heterocycles. The smallest absolute Gasteiger partial charge is 0.407 e. The van der Waals surface area contributed by atoms with Crippen LogP contribution in [0.1, 0.15) is 11.1 Å². The van der Waals surface area contributed by atoms with Gasteiger partial charge in [-0.3, -0.25) is 9.59 Å². The molecule has 0 aliphatic carbocycles. The van der Waals surface area contributed by atoms with Crippen LogP contribution in [0.2, 0.25) is 0 Å². The number of alkyl carbamates (subject to hydrolysis) is 1. The molecule has 0 fully saturated rings. The monoisotopic (exact) mass is 398 g/mol. The molecule has 0 saturated heterocycles. The van der Waals surface area contributed by atoms with E-state index in [0.717, 1.165) is 11.1 Å². The fourth-order valence-corrected chi connectivity index (χ4v) is 2.56. The normalized spacial score (nSPS) is 11.2. The molecule has 2 aromatic rings. The average molecular weight is 398 g/mol. The van der Waals surface area contributed by atoms with Crippen molar-refractivity contribution in [2.24, 2.45) is 5.73 Å². The number of nitrogens with one attached hydrogen (secondary N) is 3. The molecular formula is C21H26N4O4. The van der Waals surface area contributed by atoms with Crippen molar-refractivity contribution >= 4 is 17.9 Å². The largest absolute Gasteiger partial charge is 0.445 e. The van der Waals surface area contributed by atoms with Gasteiger partial charge in [0.2, 0.25) is 11.8 Å². The van der Waals surface area contributed by atoms with Gasteiger partial charge in [-0.15, -0.1) is 0 Å². The van der Waals surface area contributed by atoms with E-state index in [2.05, 4.69) is 16.0 Å². The van der Waals surface area contributed by atoms with Crippen LogP contribution in [0.15, 0.2) is 60.7 Å². The third kappa shape index (κ3) is 8.44. The molecule has 0 saturated carbocycles. The zero-order valence-corrected chi connectivity index (χ0v) is 16.1. The summed E-state index contributed by atoms with van der Waals surface area (Å²) in [5.74, 6) is -0.765. The van der Waals surface area contributed by atoms with Gasteiger partial charge in [0.1, 0.15) is 12.6 Å². The molecule has 8 heteroatoms. The van der Waals surface area contributed by atoms with Crippen LogP contribution in [-0.4, -0.2) is 43.6 Å². The lowest BCUT2D eigenvalue weighted by molar-refractivity contribution is -0.128. The summed E-state index contributed by atoms with van der Waals surface area (Å²) in [7, 11) is 0. The number of amides is 3. The van der Waals surface area contributed by atoms with Crippen molar-refractivity contribution < 1.29 is 19.1 Å². The van der Waals surface area contributed by atoms with Crippen LogP contribution < -0.4 is 21.7 Å². The molecule has 1 atom stereocenters. The molecule has 2 aromatic carbocycles. The van der Waals surface area contributed by atoms with E-state index < -0.39 is 18.0 Å². The maximum absolute atomic E-state index is 12.4. The van der Waals surface area contributed by atoms with Crippen molar-refractivity contribution in [3.05, 3.63) is 71.8 Å². The van der Waals surface area contributed by atoms with Crippen molar-refractivity contribution in [1.29, 1.82) is 0 Å². The summed E-state index contributed by atoms with van der Waals surface area (Å²) in [4.78, 5) is 35.8.